The fourth-order valence-corrected chi connectivity index (χ4v) is 4.43. The Kier molecular flexibility index (Phi) is 5.69. The van der Waals surface area contributed by atoms with E-state index in [0.29, 0.717) is 18.7 Å². The average Bonchev–Trinajstić information content (AvgIpc) is 3.21. The van der Waals surface area contributed by atoms with Crippen LogP contribution in [0.4, 0.5) is 5.82 Å². The summed E-state index contributed by atoms with van der Waals surface area (Å²) in [5.41, 5.74) is 1.65. The second-order valence-corrected chi connectivity index (χ2v) is 8.76. The second kappa shape index (κ2) is 8.26. The lowest BCUT2D eigenvalue weighted by molar-refractivity contribution is -0.129. The Morgan fingerprint density at radius 3 is 2.50 bits per heavy atom. The summed E-state index contributed by atoms with van der Waals surface area (Å²) < 4.78 is 0. The molecule has 2 aromatic rings. The molecule has 0 unspecified atom stereocenters. The zero-order valence-electron chi connectivity index (χ0n) is 17.4. The number of nitrogens with one attached hydrogen (secondary N) is 1. The maximum Gasteiger partial charge on any atom is 0.255 e. The molecule has 2 amide bonds. The first-order valence-corrected chi connectivity index (χ1v) is 10.8. The van der Waals surface area contributed by atoms with Crippen molar-refractivity contribution in [2.24, 2.45) is 0 Å². The number of rotatable bonds is 5. The molecule has 7 heteroatoms. The van der Waals surface area contributed by atoms with Gasteiger partial charge in [0.2, 0.25) is 5.91 Å². The maximum atomic E-state index is 12.9. The molecule has 4 rings (SSSR count). The number of pyridine rings is 1. The van der Waals surface area contributed by atoms with Crippen molar-refractivity contribution in [3.63, 3.8) is 0 Å². The zero-order valence-corrected chi connectivity index (χ0v) is 18.2. The van der Waals surface area contributed by atoms with Crippen molar-refractivity contribution in [1.82, 2.24) is 14.8 Å². The molecule has 0 bridgehead atoms. The largest absolute Gasteiger partial charge is 0.361 e. The summed E-state index contributed by atoms with van der Waals surface area (Å²) in [6, 6.07) is 11.7. The Hall–Kier alpha value is -2.60. The minimum atomic E-state index is -0.122. The molecule has 1 aromatic heterocycles. The van der Waals surface area contributed by atoms with E-state index in [1.165, 1.54) is 5.56 Å². The molecule has 1 saturated carbocycles. The summed E-state index contributed by atoms with van der Waals surface area (Å²) >= 11 is 6.04. The number of benzene rings is 1. The first-order valence-electron chi connectivity index (χ1n) is 10.4. The molecule has 1 saturated heterocycles. The Balaban J connectivity index is 1.42. The van der Waals surface area contributed by atoms with Crippen molar-refractivity contribution in [2.45, 2.75) is 44.2 Å². The molecular weight excluding hydrogens is 400 g/mol. The molecule has 30 heavy (non-hydrogen) atoms. The zero-order chi connectivity index (χ0) is 21.3. The van der Waals surface area contributed by atoms with Gasteiger partial charge in [-0.25, -0.2) is 4.98 Å². The molecule has 1 aromatic carbocycles. The van der Waals surface area contributed by atoms with Gasteiger partial charge < -0.3 is 15.1 Å². The summed E-state index contributed by atoms with van der Waals surface area (Å²) in [6.45, 7) is 2.77. The van der Waals surface area contributed by atoms with E-state index in [9.17, 15) is 9.59 Å². The van der Waals surface area contributed by atoms with E-state index in [1.807, 2.05) is 24.3 Å². The molecule has 158 valence electrons. The van der Waals surface area contributed by atoms with Gasteiger partial charge in [0.25, 0.3) is 5.91 Å². The van der Waals surface area contributed by atoms with Crippen LogP contribution in [0.3, 0.4) is 0 Å². The molecule has 1 atom stereocenters. The quantitative estimate of drug-likeness (QED) is 0.786. The number of hydrogen-bond acceptors (Lipinski definition) is 4. The lowest BCUT2D eigenvalue weighted by Crippen LogP contribution is -2.42. The maximum absolute atomic E-state index is 12.9. The highest BCUT2D eigenvalue weighted by Gasteiger charge is 2.39. The molecule has 1 N–H and O–H groups in total. The van der Waals surface area contributed by atoms with Gasteiger partial charge in [0.15, 0.2) is 0 Å². The van der Waals surface area contributed by atoms with Crippen molar-refractivity contribution < 1.29 is 9.59 Å². The fourth-order valence-electron chi connectivity index (χ4n) is 4.31. The first-order chi connectivity index (χ1) is 14.4. The predicted octanol–water partition coefficient (Wildman–Crippen LogP) is 3.92. The van der Waals surface area contributed by atoms with Gasteiger partial charge in [-0.3, -0.25) is 9.59 Å². The van der Waals surface area contributed by atoms with Crippen molar-refractivity contribution in [3.05, 3.63) is 58.7 Å². The van der Waals surface area contributed by atoms with Gasteiger partial charge in [0.1, 0.15) is 5.82 Å². The SMILES string of the molecule is CC(=O)N(C)[C@H]1CCN(C(=O)c2ccc(NC3(c4ccc(Cl)cc4)CCC3)nc2)C1. The molecule has 2 fully saturated rings. The van der Waals surface area contributed by atoms with Gasteiger partial charge in [-0.15, -0.1) is 0 Å². The van der Waals surface area contributed by atoms with Gasteiger partial charge in [0, 0.05) is 38.3 Å². The molecule has 2 aliphatic rings. The van der Waals surface area contributed by atoms with Crippen LogP contribution in [0, 0.1) is 0 Å². The third kappa shape index (κ3) is 4.01. The van der Waals surface area contributed by atoms with Gasteiger partial charge in [-0.1, -0.05) is 23.7 Å². The van der Waals surface area contributed by atoms with Crippen LogP contribution in [0.15, 0.2) is 42.6 Å². The number of amides is 2. The lowest BCUT2D eigenvalue weighted by Gasteiger charge is -2.43. The monoisotopic (exact) mass is 426 g/mol. The average molecular weight is 427 g/mol. The van der Waals surface area contributed by atoms with Crippen molar-refractivity contribution in [1.29, 1.82) is 0 Å². The Morgan fingerprint density at radius 1 is 1.20 bits per heavy atom. The van der Waals surface area contributed by atoms with Crippen LogP contribution in [0.1, 0.15) is 48.5 Å². The standard InChI is InChI=1S/C23H27ClN4O2/c1-16(29)27(2)20-10-13-28(15-20)22(30)17-4-9-21(25-14-17)26-23(11-3-12-23)18-5-7-19(24)8-6-18/h4-9,14,20H,3,10-13,15H2,1-2H3,(H,25,26)/t20-/m0/s1. The van der Waals surface area contributed by atoms with E-state index < -0.39 is 0 Å². The molecule has 1 aliphatic carbocycles. The lowest BCUT2D eigenvalue weighted by atomic mass is 9.72. The molecule has 0 spiro atoms. The van der Waals surface area contributed by atoms with Crippen molar-refractivity contribution in [2.75, 3.05) is 25.5 Å². The summed E-state index contributed by atoms with van der Waals surface area (Å²) in [4.78, 5) is 32.5. The number of aromatic nitrogens is 1. The van der Waals surface area contributed by atoms with E-state index in [1.54, 1.807) is 30.0 Å². The highest BCUT2D eigenvalue weighted by Crippen LogP contribution is 2.44. The number of likely N-dealkylation sites (tertiary alicyclic amines) is 1. The van der Waals surface area contributed by atoms with Crippen molar-refractivity contribution >= 4 is 29.2 Å². The molecule has 2 heterocycles. The Morgan fingerprint density at radius 2 is 1.93 bits per heavy atom. The summed E-state index contributed by atoms with van der Waals surface area (Å²) in [5.74, 6) is 0.748. The summed E-state index contributed by atoms with van der Waals surface area (Å²) in [6.07, 6.45) is 5.68. The van der Waals surface area contributed by atoms with Gasteiger partial charge in [-0.05, 0) is 55.5 Å². The van der Waals surface area contributed by atoms with Crippen molar-refractivity contribution in [3.8, 4) is 0 Å². The fraction of sp³-hybridized carbons (Fsp3) is 0.435. The first kappa shape index (κ1) is 20.7. The second-order valence-electron chi connectivity index (χ2n) is 8.32. The topological polar surface area (TPSA) is 65.5 Å². The van der Waals surface area contributed by atoms with E-state index in [2.05, 4.69) is 22.4 Å². The van der Waals surface area contributed by atoms with Crippen LogP contribution in [0.5, 0.6) is 0 Å². The smallest absolute Gasteiger partial charge is 0.255 e. The van der Waals surface area contributed by atoms with Gasteiger partial charge in [0.05, 0.1) is 17.1 Å². The van der Waals surface area contributed by atoms with Gasteiger partial charge in [-0.2, -0.15) is 0 Å². The number of carbonyl (C=O) groups excluding carboxylic acids is 2. The van der Waals surface area contributed by atoms with Crippen LogP contribution in [-0.2, 0) is 10.3 Å². The normalized spacial score (nSPS) is 19.8. The Bertz CT molecular complexity index is 925. The summed E-state index contributed by atoms with van der Waals surface area (Å²) in [5, 5.41) is 4.30. The number of carbonyl (C=O) groups is 2. The number of halogens is 1. The molecule has 1 aliphatic heterocycles. The van der Waals surface area contributed by atoms with Crippen LogP contribution < -0.4 is 5.32 Å². The van der Waals surface area contributed by atoms with E-state index >= 15 is 0 Å². The van der Waals surface area contributed by atoms with E-state index in [-0.39, 0.29) is 23.4 Å². The molecular formula is C23H27ClN4O2. The minimum Gasteiger partial charge on any atom is -0.361 e. The number of nitrogens with zero attached hydrogens (tertiary/aromatic N) is 3. The number of likely N-dealkylation sites (N-methyl/N-ethyl adjacent to an activating group) is 1. The highest BCUT2D eigenvalue weighted by molar-refractivity contribution is 6.30. The van der Waals surface area contributed by atoms with E-state index in [4.69, 9.17) is 11.6 Å². The van der Waals surface area contributed by atoms with Crippen LogP contribution in [0.25, 0.3) is 0 Å². The third-order valence-corrected chi connectivity index (χ3v) is 6.73. The molecule has 6 nitrogen and oxygen atoms in total. The predicted molar refractivity (Wildman–Crippen MR) is 118 cm³/mol. The van der Waals surface area contributed by atoms with Crippen LogP contribution >= 0.6 is 11.6 Å². The summed E-state index contributed by atoms with van der Waals surface area (Å²) in [7, 11) is 1.79. The molecule has 0 radical (unpaired) electrons. The third-order valence-electron chi connectivity index (χ3n) is 6.48. The highest BCUT2D eigenvalue weighted by atomic mass is 35.5. The Labute approximate surface area is 182 Å². The van der Waals surface area contributed by atoms with Gasteiger partial charge >= 0.3 is 0 Å². The number of hydrogen-bond donors (Lipinski definition) is 1. The van der Waals surface area contributed by atoms with Crippen LogP contribution in [-0.4, -0.2) is 52.8 Å². The minimum absolute atomic E-state index is 0.0250. The van der Waals surface area contributed by atoms with Crippen LogP contribution in [0.2, 0.25) is 5.02 Å². The van der Waals surface area contributed by atoms with E-state index in [0.717, 1.165) is 36.5 Å². The number of anilines is 1.